The summed E-state index contributed by atoms with van der Waals surface area (Å²) in [4.78, 5) is 0. The minimum absolute atomic E-state index is 1.09. The van der Waals surface area contributed by atoms with Gasteiger partial charge in [-0.1, -0.05) is 12.1 Å². The van der Waals surface area contributed by atoms with Crippen molar-refractivity contribution < 1.29 is 0 Å². The molecule has 0 aliphatic heterocycles. The summed E-state index contributed by atoms with van der Waals surface area (Å²) in [6, 6.07) is 11.7. The number of thiophene rings is 1. The Bertz CT molecular complexity index is 778. The van der Waals surface area contributed by atoms with E-state index in [2.05, 4.69) is 49.6 Å². The topological polar surface area (TPSA) is 0 Å². The molecule has 0 amide bonds. The van der Waals surface area contributed by atoms with Gasteiger partial charge in [-0.25, -0.2) is 0 Å². The zero-order valence-corrected chi connectivity index (χ0v) is 11.4. The molecule has 0 saturated carbocycles. The predicted octanol–water partition coefficient (Wildman–Crippen LogP) is 5.09. The van der Waals surface area contributed by atoms with Gasteiger partial charge >= 0.3 is 0 Å². The van der Waals surface area contributed by atoms with Crippen LogP contribution in [0.15, 0.2) is 35.7 Å². The van der Waals surface area contributed by atoms with Crippen molar-refractivity contribution in [3.8, 4) is 11.1 Å². The first kappa shape index (κ1) is 10.3. The van der Waals surface area contributed by atoms with Gasteiger partial charge in [0, 0.05) is 4.70 Å². The highest BCUT2D eigenvalue weighted by Crippen LogP contribution is 2.41. The minimum Gasteiger partial charge on any atom is -0.144 e. The van der Waals surface area contributed by atoms with Crippen molar-refractivity contribution in [2.24, 2.45) is 0 Å². The lowest BCUT2D eigenvalue weighted by molar-refractivity contribution is 1.23. The first-order chi connectivity index (χ1) is 8.72. The fourth-order valence-electron chi connectivity index (χ4n) is 2.93. The Morgan fingerprint density at radius 3 is 2.50 bits per heavy atom. The minimum atomic E-state index is 1.09. The smallest absolute Gasteiger partial charge is 0.0349 e. The molecule has 0 saturated heterocycles. The van der Waals surface area contributed by atoms with Crippen molar-refractivity contribution in [2.75, 3.05) is 0 Å². The van der Waals surface area contributed by atoms with Crippen LogP contribution in [0.25, 0.3) is 21.2 Å². The van der Waals surface area contributed by atoms with Crippen LogP contribution in [0, 0.1) is 13.8 Å². The van der Waals surface area contributed by atoms with Crippen molar-refractivity contribution in [1.29, 1.82) is 0 Å². The number of benzene rings is 2. The maximum atomic E-state index is 2.37. The molecule has 1 aliphatic carbocycles. The summed E-state index contributed by atoms with van der Waals surface area (Å²) in [5.74, 6) is 0. The van der Waals surface area contributed by atoms with E-state index in [9.17, 15) is 0 Å². The summed E-state index contributed by atoms with van der Waals surface area (Å²) in [7, 11) is 0. The fourth-order valence-corrected chi connectivity index (χ4v) is 3.74. The lowest BCUT2D eigenvalue weighted by atomic mass is 10.00. The van der Waals surface area contributed by atoms with E-state index in [1.807, 2.05) is 11.3 Å². The molecule has 0 unspecified atom stereocenters. The van der Waals surface area contributed by atoms with Gasteiger partial charge in [-0.15, -0.1) is 11.3 Å². The predicted molar refractivity (Wildman–Crippen MR) is 79.5 cm³/mol. The Labute approximate surface area is 111 Å². The highest BCUT2D eigenvalue weighted by molar-refractivity contribution is 7.17. The van der Waals surface area contributed by atoms with Gasteiger partial charge in [0.2, 0.25) is 0 Å². The van der Waals surface area contributed by atoms with Crippen LogP contribution in [0.1, 0.15) is 22.3 Å². The van der Waals surface area contributed by atoms with E-state index < -0.39 is 0 Å². The average molecular weight is 250 g/mol. The number of rotatable bonds is 0. The summed E-state index contributed by atoms with van der Waals surface area (Å²) in [6.45, 7) is 4.41. The molecule has 18 heavy (non-hydrogen) atoms. The van der Waals surface area contributed by atoms with Crippen molar-refractivity contribution in [2.45, 2.75) is 20.3 Å². The van der Waals surface area contributed by atoms with E-state index in [0.717, 1.165) is 6.42 Å². The Hall–Kier alpha value is -1.60. The van der Waals surface area contributed by atoms with E-state index in [1.54, 1.807) is 0 Å². The first-order valence-electron chi connectivity index (χ1n) is 6.33. The van der Waals surface area contributed by atoms with Gasteiger partial charge in [-0.2, -0.15) is 0 Å². The van der Waals surface area contributed by atoms with Crippen LogP contribution in [-0.4, -0.2) is 0 Å². The van der Waals surface area contributed by atoms with Crippen molar-refractivity contribution in [3.05, 3.63) is 58.0 Å². The molecule has 4 rings (SSSR count). The van der Waals surface area contributed by atoms with Crippen LogP contribution in [0.5, 0.6) is 0 Å². The SMILES string of the molecule is Cc1cc2c(cc1C)-c1cc3sccc3cc1C2. The lowest BCUT2D eigenvalue weighted by Gasteiger charge is -2.05. The second-order valence-electron chi connectivity index (χ2n) is 5.24. The Balaban J connectivity index is 2.04. The van der Waals surface area contributed by atoms with Crippen molar-refractivity contribution in [3.63, 3.8) is 0 Å². The first-order valence-corrected chi connectivity index (χ1v) is 7.21. The highest BCUT2D eigenvalue weighted by atomic mass is 32.1. The van der Waals surface area contributed by atoms with Crippen LogP contribution in [-0.2, 0) is 6.42 Å². The molecular formula is C17H14S. The third-order valence-corrected chi connectivity index (χ3v) is 4.95. The maximum absolute atomic E-state index is 2.37. The molecule has 0 bridgehead atoms. The number of hydrogen-bond donors (Lipinski definition) is 0. The number of fused-ring (bicyclic) bond motifs is 4. The van der Waals surface area contributed by atoms with Gasteiger partial charge in [0.15, 0.2) is 0 Å². The molecule has 0 radical (unpaired) electrons. The molecule has 0 atom stereocenters. The quantitative estimate of drug-likeness (QED) is 0.408. The molecule has 1 aliphatic rings. The molecular weight excluding hydrogens is 236 g/mol. The lowest BCUT2D eigenvalue weighted by Crippen LogP contribution is -1.86. The van der Waals surface area contributed by atoms with Gasteiger partial charge in [0.1, 0.15) is 0 Å². The molecule has 0 spiro atoms. The Morgan fingerprint density at radius 2 is 1.61 bits per heavy atom. The molecule has 0 N–H and O–H groups in total. The standard InChI is InChI=1S/C17H14S/c1-10-5-13-8-14-7-12-3-4-18-17(12)9-16(14)15(13)6-11(10)2/h3-7,9H,8H2,1-2H3. The van der Waals surface area contributed by atoms with Crippen LogP contribution in [0.2, 0.25) is 0 Å². The average Bonchev–Trinajstić information content (AvgIpc) is 2.91. The summed E-state index contributed by atoms with van der Waals surface area (Å²) >= 11 is 1.84. The van der Waals surface area contributed by atoms with Crippen LogP contribution in [0.4, 0.5) is 0 Å². The summed E-state index contributed by atoms with van der Waals surface area (Å²) < 4.78 is 1.40. The van der Waals surface area contributed by atoms with E-state index in [1.165, 1.54) is 43.5 Å². The molecule has 0 fully saturated rings. The second kappa shape index (κ2) is 3.46. The van der Waals surface area contributed by atoms with Crippen LogP contribution >= 0.6 is 11.3 Å². The molecule has 2 aromatic carbocycles. The normalized spacial score (nSPS) is 12.8. The zero-order valence-electron chi connectivity index (χ0n) is 10.6. The number of aryl methyl sites for hydroxylation is 2. The molecule has 1 aromatic heterocycles. The van der Waals surface area contributed by atoms with Crippen molar-refractivity contribution >= 4 is 21.4 Å². The molecule has 1 heteroatoms. The molecule has 1 heterocycles. The fraction of sp³-hybridized carbons (Fsp3) is 0.176. The molecule has 0 nitrogen and oxygen atoms in total. The molecule has 3 aromatic rings. The van der Waals surface area contributed by atoms with E-state index in [-0.39, 0.29) is 0 Å². The molecule has 88 valence electrons. The van der Waals surface area contributed by atoms with Crippen LogP contribution < -0.4 is 0 Å². The van der Waals surface area contributed by atoms with E-state index in [0.29, 0.717) is 0 Å². The van der Waals surface area contributed by atoms with Gasteiger partial charge in [-0.3, -0.25) is 0 Å². The summed E-state index contributed by atoms with van der Waals surface area (Å²) in [5, 5.41) is 3.57. The Morgan fingerprint density at radius 1 is 0.889 bits per heavy atom. The van der Waals surface area contributed by atoms with Crippen molar-refractivity contribution in [1.82, 2.24) is 0 Å². The second-order valence-corrected chi connectivity index (χ2v) is 6.19. The van der Waals surface area contributed by atoms with E-state index in [4.69, 9.17) is 0 Å². The zero-order chi connectivity index (χ0) is 12.3. The third-order valence-electron chi connectivity index (χ3n) is 4.07. The number of hydrogen-bond acceptors (Lipinski definition) is 1. The van der Waals surface area contributed by atoms with Gasteiger partial charge < -0.3 is 0 Å². The largest absolute Gasteiger partial charge is 0.144 e. The summed E-state index contributed by atoms with van der Waals surface area (Å²) in [5.41, 5.74) is 8.68. The van der Waals surface area contributed by atoms with Gasteiger partial charge in [-0.05, 0) is 82.6 Å². The monoisotopic (exact) mass is 250 g/mol. The van der Waals surface area contributed by atoms with Crippen LogP contribution in [0.3, 0.4) is 0 Å². The highest BCUT2D eigenvalue weighted by Gasteiger charge is 2.20. The third kappa shape index (κ3) is 1.31. The Kier molecular flexibility index (Phi) is 1.98. The van der Waals surface area contributed by atoms with Gasteiger partial charge in [0.05, 0.1) is 0 Å². The summed E-state index contributed by atoms with van der Waals surface area (Å²) in [6.07, 6.45) is 1.09. The van der Waals surface area contributed by atoms with Gasteiger partial charge in [0.25, 0.3) is 0 Å². The van der Waals surface area contributed by atoms with E-state index >= 15 is 0 Å². The maximum Gasteiger partial charge on any atom is 0.0349 e.